The van der Waals surface area contributed by atoms with Crippen LogP contribution in [-0.4, -0.2) is 107 Å². The largest absolute Gasteiger partial charge is 0.351 e. The number of benzene rings is 2. The number of aryl methyl sites for hydroxylation is 2. The Balaban J connectivity index is 1.11. The Bertz CT molecular complexity index is 2180. The van der Waals surface area contributed by atoms with Gasteiger partial charge in [-0.05, 0) is 117 Å². The van der Waals surface area contributed by atoms with Crippen LogP contribution in [0.4, 0.5) is 0 Å². The van der Waals surface area contributed by atoms with E-state index in [-0.39, 0.29) is 129 Å². The van der Waals surface area contributed by atoms with Crippen molar-refractivity contribution in [3.8, 4) is 0 Å². The topological polar surface area (TPSA) is 203 Å². The van der Waals surface area contributed by atoms with Gasteiger partial charge in [0.1, 0.15) is 29.7 Å². The Morgan fingerprint density at radius 2 is 1.23 bits per heavy atom. The molecule has 4 aliphatic rings. The quantitative estimate of drug-likeness (QED) is 0.0968. The van der Waals surface area contributed by atoms with E-state index in [9.17, 15) is 38.4 Å². The smallest absolute Gasteiger partial charge is 0.246 e. The highest BCUT2D eigenvalue weighted by Crippen LogP contribution is 2.37. The molecule has 0 unspecified atom stereocenters. The molecule has 0 saturated carbocycles. The first-order valence-electron chi connectivity index (χ1n) is 27.2. The van der Waals surface area contributed by atoms with E-state index in [1.165, 1.54) is 11.1 Å². The van der Waals surface area contributed by atoms with Gasteiger partial charge >= 0.3 is 0 Å². The van der Waals surface area contributed by atoms with Crippen molar-refractivity contribution >= 4 is 47.0 Å². The molecule has 2 heterocycles. The molecule has 2 saturated heterocycles. The molecular weight excluding hydrogens is 923 g/mol. The fraction of sp³-hybridized carbons (Fsp3) is 0.655. The molecule has 2 fully saturated rings. The van der Waals surface area contributed by atoms with Gasteiger partial charge in [0.05, 0.1) is 18.1 Å². The number of nitrogens with one attached hydrogen (secondary N) is 5. The molecule has 2 aliphatic heterocycles. The number of hydrogen-bond acceptors (Lipinski definition) is 9. The standard InChI is InChI=1S/C58H85N7O8/c1-11-35(2)52(69)63-51(58(7,8)9)56(73)64-33-37(30-47(64)53(70)61-45-26-16-21-38-19-12-14-24-42(38)45)29-41(66)23-18-28-50(68)60-40-31-48(54(71)62-46-27-17-22-39-20-13-15-25-43(39)46)65(34-40)55(72)44(57(4,5)6)32-49(67)36(3)59-10/h12-15,19-20,24-25,35-37,40,44-48,51,59H,11,16-18,21-23,26-34H2,1-10H3,(H,60,68)(H,61,70)(H,62,71)(H,63,69)/t35-,36+,37+,40+,44-,45-,46-,47+,48+,51-/m1/s1. The van der Waals surface area contributed by atoms with Gasteiger partial charge in [0.2, 0.25) is 35.4 Å². The van der Waals surface area contributed by atoms with Crippen molar-refractivity contribution in [3.05, 3.63) is 70.8 Å². The third-order valence-electron chi connectivity index (χ3n) is 16.1. The molecule has 0 spiro atoms. The number of ketones is 2. The minimum atomic E-state index is -0.895. The highest BCUT2D eigenvalue weighted by atomic mass is 16.2. The molecule has 5 N–H and O–H groups in total. The normalized spacial score (nSPS) is 23.5. The zero-order chi connectivity index (χ0) is 53.4. The van der Waals surface area contributed by atoms with Crippen LogP contribution in [0.25, 0.3) is 0 Å². The van der Waals surface area contributed by atoms with Crippen LogP contribution in [-0.2, 0) is 51.2 Å². The first-order chi connectivity index (χ1) is 34.5. The van der Waals surface area contributed by atoms with Crippen molar-refractivity contribution in [1.82, 2.24) is 36.4 Å². The Kier molecular flexibility index (Phi) is 19.3. The molecule has 73 heavy (non-hydrogen) atoms. The number of nitrogens with zero attached hydrogens (tertiary/aromatic N) is 2. The Hall–Kier alpha value is -5.44. The molecule has 0 radical (unpaired) electrons. The predicted octanol–water partition coefficient (Wildman–Crippen LogP) is 6.61. The number of rotatable bonds is 20. The average Bonchev–Trinajstić information content (AvgIpc) is 3.98. The van der Waals surface area contributed by atoms with Crippen LogP contribution in [0, 0.1) is 28.6 Å². The van der Waals surface area contributed by atoms with E-state index in [2.05, 4.69) is 38.7 Å². The lowest BCUT2D eigenvalue weighted by Crippen LogP contribution is -2.58. The molecule has 2 aliphatic carbocycles. The Morgan fingerprint density at radius 3 is 1.77 bits per heavy atom. The maximum atomic E-state index is 14.6. The molecule has 0 aromatic heterocycles. The maximum absolute atomic E-state index is 14.6. The second kappa shape index (κ2) is 24.7. The van der Waals surface area contributed by atoms with Crippen LogP contribution in [0.2, 0.25) is 0 Å². The van der Waals surface area contributed by atoms with Gasteiger partial charge in [-0.25, -0.2) is 0 Å². The molecule has 2 aromatic carbocycles. The highest BCUT2D eigenvalue weighted by Gasteiger charge is 2.48. The van der Waals surface area contributed by atoms with Crippen LogP contribution in [0.15, 0.2) is 48.5 Å². The second-order valence-electron chi connectivity index (χ2n) is 23.7. The molecule has 6 amide bonds. The number of carbonyl (C=O) groups excluding carboxylic acids is 8. The molecule has 0 bridgehead atoms. The minimum Gasteiger partial charge on any atom is -0.351 e. The van der Waals surface area contributed by atoms with Gasteiger partial charge in [0, 0.05) is 56.7 Å². The van der Waals surface area contributed by atoms with Crippen LogP contribution in [0.3, 0.4) is 0 Å². The Morgan fingerprint density at radius 1 is 0.685 bits per heavy atom. The summed E-state index contributed by atoms with van der Waals surface area (Å²) in [7, 11) is 1.70. The number of hydrogen-bond donors (Lipinski definition) is 5. The van der Waals surface area contributed by atoms with Crippen molar-refractivity contribution in [2.24, 2.45) is 28.6 Å². The van der Waals surface area contributed by atoms with Crippen LogP contribution in [0.5, 0.6) is 0 Å². The zero-order valence-electron chi connectivity index (χ0n) is 45.4. The van der Waals surface area contributed by atoms with Crippen molar-refractivity contribution in [1.29, 1.82) is 0 Å². The summed E-state index contributed by atoms with van der Waals surface area (Å²) < 4.78 is 0. The number of fused-ring (bicyclic) bond motifs is 2. The summed E-state index contributed by atoms with van der Waals surface area (Å²) in [5.41, 5.74) is 3.26. The van der Waals surface area contributed by atoms with Crippen LogP contribution in [0.1, 0.15) is 174 Å². The van der Waals surface area contributed by atoms with Gasteiger partial charge in [-0.3, -0.25) is 38.4 Å². The van der Waals surface area contributed by atoms with Gasteiger partial charge in [-0.2, -0.15) is 0 Å². The van der Waals surface area contributed by atoms with E-state index in [4.69, 9.17) is 0 Å². The van der Waals surface area contributed by atoms with Gasteiger partial charge in [0.15, 0.2) is 0 Å². The first kappa shape index (κ1) is 56.8. The highest BCUT2D eigenvalue weighted by molar-refractivity contribution is 5.95. The predicted molar refractivity (Wildman–Crippen MR) is 282 cm³/mol. The molecular formula is C58H85N7O8. The minimum absolute atomic E-state index is 0.00279. The van der Waals surface area contributed by atoms with E-state index in [1.54, 1.807) is 23.8 Å². The summed E-state index contributed by atoms with van der Waals surface area (Å²) in [6.45, 7) is 17.2. The Labute approximate surface area is 434 Å². The van der Waals surface area contributed by atoms with E-state index in [0.717, 1.165) is 49.7 Å². The second-order valence-corrected chi connectivity index (χ2v) is 23.7. The number of likely N-dealkylation sites (N-methyl/N-ethyl adjacent to an activating group) is 1. The van der Waals surface area contributed by atoms with Gasteiger partial charge in [0.25, 0.3) is 0 Å². The number of Topliss-reactive ketones (excluding diaryl/α,β-unsaturated/α-hetero) is 2. The number of likely N-dealkylation sites (tertiary alicyclic amines) is 2. The number of carbonyl (C=O) groups is 8. The van der Waals surface area contributed by atoms with Crippen molar-refractivity contribution in [2.75, 3.05) is 20.1 Å². The molecule has 15 heteroatoms. The summed E-state index contributed by atoms with van der Waals surface area (Å²) in [6.07, 6.45) is 6.85. The maximum Gasteiger partial charge on any atom is 0.246 e. The zero-order valence-corrected chi connectivity index (χ0v) is 45.4. The fourth-order valence-electron chi connectivity index (χ4n) is 11.3. The van der Waals surface area contributed by atoms with E-state index in [1.807, 2.05) is 91.8 Å². The monoisotopic (exact) mass is 1010 g/mol. The SMILES string of the molecule is CC[C@@H](C)C(=O)N[C@H](C(=O)N1C[C@@H](CC(=O)CCCC(=O)N[C@H]2C[C@@H](C(=O)N[C@@H]3CCCc4ccccc43)N(C(=O)[C@@H](CC(=O)[C@H](C)NC)C(C)(C)C)C2)C[C@H]1C(=O)N[C@@H]1CCCc2ccccc21)C(C)(C)C. The summed E-state index contributed by atoms with van der Waals surface area (Å²) in [6, 6.07) is 12.2. The average molecular weight is 1010 g/mol. The van der Waals surface area contributed by atoms with Gasteiger partial charge in [-0.1, -0.05) is 104 Å². The lowest BCUT2D eigenvalue weighted by molar-refractivity contribution is -0.146. The van der Waals surface area contributed by atoms with Crippen LogP contribution < -0.4 is 26.6 Å². The molecule has 10 atom stereocenters. The third kappa shape index (κ3) is 14.4. The molecule has 2 aromatic rings. The molecule has 15 nitrogen and oxygen atoms in total. The molecule has 400 valence electrons. The van der Waals surface area contributed by atoms with Gasteiger partial charge < -0.3 is 36.4 Å². The van der Waals surface area contributed by atoms with Crippen molar-refractivity contribution in [2.45, 2.75) is 194 Å². The number of amides is 6. The van der Waals surface area contributed by atoms with Crippen molar-refractivity contribution in [3.63, 3.8) is 0 Å². The third-order valence-corrected chi connectivity index (χ3v) is 16.1. The fourth-order valence-corrected chi connectivity index (χ4v) is 11.3. The van der Waals surface area contributed by atoms with E-state index >= 15 is 0 Å². The van der Waals surface area contributed by atoms with Crippen molar-refractivity contribution < 1.29 is 38.4 Å². The van der Waals surface area contributed by atoms with E-state index < -0.39 is 47.0 Å². The van der Waals surface area contributed by atoms with E-state index in [0.29, 0.717) is 6.42 Å². The lowest BCUT2D eigenvalue weighted by Gasteiger charge is -2.36. The van der Waals surface area contributed by atoms with Gasteiger partial charge in [-0.15, -0.1) is 0 Å². The lowest BCUT2D eigenvalue weighted by atomic mass is 9.76. The summed E-state index contributed by atoms with van der Waals surface area (Å²) in [4.78, 5) is 115. The molecule has 6 rings (SSSR count). The van der Waals surface area contributed by atoms with Crippen LogP contribution >= 0.6 is 0 Å². The first-order valence-corrected chi connectivity index (χ1v) is 27.2. The summed E-state index contributed by atoms with van der Waals surface area (Å²) >= 11 is 0. The summed E-state index contributed by atoms with van der Waals surface area (Å²) in [5, 5.41) is 15.5. The summed E-state index contributed by atoms with van der Waals surface area (Å²) in [5.74, 6) is -3.26.